The number of hydrogen-bond donors (Lipinski definition) is 1. The first-order valence-corrected chi connectivity index (χ1v) is 10.7. The molecule has 162 valence electrons. The molecule has 0 saturated heterocycles. The number of methoxy groups -OCH3 is 1. The molecule has 1 N–H and O–H groups in total. The molecule has 30 heavy (non-hydrogen) atoms. The molecule has 2 aromatic rings. The second-order valence-corrected chi connectivity index (χ2v) is 7.86. The second kappa shape index (κ2) is 11.6. The van der Waals surface area contributed by atoms with Crippen LogP contribution in [-0.4, -0.2) is 35.9 Å². The van der Waals surface area contributed by atoms with Gasteiger partial charge in [-0.1, -0.05) is 48.9 Å². The number of ether oxygens (including phenoxy) is 1. The number of nitrogens with zero attached hydrogens (tertiary/aromatic N) is 1. The highest BCUT2D eigenvalue weighted by atomic mass is 35.5. The minimum absolute atomic E-state index is 0.0565. The molecular formula is C24H31ClN2O3. The van der Waals surface area contributed by atoms with E-state index < -0.39 is 6.04 Å². The van der Waals surface area contributed by atoms with Crippen LogP contribution in [0.1, 0.15) is 44.7 Å². The van der Waals surface area contributed by atoms with E-state index in [0.29, 0.717) is 18.0 Å². The monoisotopic (exact) mass is 430 g/mol. The van der Waals surface area contributed by atoms with Crippen LogP contribution in [-0.2, 0) is 22.6 Å². The van der Waals surface area contributed by atoms with E-state index in [4.69, 9.17) is 16.3 Å². The zero-order valence-corrected chi connectivity index (χ0v) is 18.9. The predicted molar refractivity (Wildman–Crippen MR) is 121 cm³/mol. The lowest BCUT2D eigenvalue weighted by Crippen LogP contribution is -2.49. The Morgan fingerprint density at radius 1 is 1.10 bits per heavy atom. The van der Waals surface area contributed by atoms with Gasteiger partial charge in [0.05, 0.1) is 7.11 Å². The summed E-state index contributed by atoms with van der Waals surface area (Å²) < 4.78 is 5.20. The highest BCUT2D eigenvalue weighted by Crippen LogP contribution is 2.19. The van der Waals surface area contributed by atoms with Crippen LogP contribution in [0.2, 0.25) is 5.02 Å². The summed E-state index contributed by atoms with van der Waals surface area (Å²) in [5, 5.41) is 3.63. The van der Waals surface area contributed by atoms with Crippen LogP contribution < -0.4 is 10.1 Å². The molecule has 0 bridgehead atoms. The first-order valence-electron chi connectivity index (χ1n) is 10.3. The van der Waals surface area contributed by atoms with Crippen LogP contribution >= 0.6 is 11.6 Å². The molecule has 2 atom stereocenters. The number of halogens is 1. The van der Waals surface area contributed by atoms with Crippen LogP contribution in [0.5, 0.6) is 5.75 Å². The molecule has 0 aromatic heterocycles. The minimum atomic E-state index is -0.583. The van der Waals surface area contributed by atoms with Gasteiger partial charge in [-0.15, -0.1) is 0 Å². The molecule has 0 aliphatic rings. The van der Waals surface area contributed by atoms with Gasteiger partial charge in [-0.3, -0.25) is 9.59 Å². The molecule has 0 aliphatic heterocycles. The van der Waals surface area contributed by atoms with Crippen molar-refractivity contribution in [1.29, 1.82) is 0 Å². The maximum absolute atomic E-state index is 13.1. The fourth-order valence-corrected chi connectivity index (χ4v) is 3.29. The molecule has 0 unspecified atom stereocenters. The Bertz CT molecular complexity index is 839. The molecular weight excluding hydrogens is 400 g/mol. The summed E-state index contributed by atoms with van der Waals surface area (Å²) in [7, 11) is 1.61. The third kappa shape index (κ3) is 6.77. The quantitative estimate of drug-likeness (QED) is 0.598. The van der Waals surface area contributed by atoms with Crippen molar-refractivity contribution in [1.82, 2.24) is 10.2 Å². The number of carbonyl (C=O) groups is 2. The molecule has 0 radical (unpaired) electrons. The van der Waals surface area contributed by atoms with Gasteiger partial charge >= 0.3 is 0 Å². The average Bonchev–Trinajstić information content (AvgIpc) is 2.76. The van der Waals surface area contributed by atoms with Crippen LogP contribution in [0.4, 0.5) is 0 Å². The summed E-state index contributed by atoms with van der Waals surface area (Å²) in [6.07, 6.45) is 1.63. The summed E-state index contributed by atoms with van der Waals surface area (Å²) in [6.45, 7) is 6.09. The van der Waals surface area contributed by atoms with Crippen LogP contribution in [0, 0.1) is 0 Å². The van der Waals surface area contributed by atoms with Gasteiger partial charge in [0, 0.05) is 24.0 Å². The van der Waals surface area contributed by atoms with Crippen LogP contribution in [0.25, 0.3) is 0 Å². The first kappa shape index (κ1) is 23.7. The smallest absolute Gasteiger partial charge is 0.242 e. The summed E-state index contributed by atoms with van der Waals surface area (Å²) in [4.78, 5) is 27.5. The third-order valence-corrected chi connectivity index (χ3v) is 5.62. The highest BCUT2D eigenvalue weighted by Gasteiger charge is 2.26. The van der Waals surface area contributed by atoms with E-state index in [1.165, 1.54) is 0 Å². The van der Waals surface area contributed by atoms with E-state index in [1.54, 1.807) is 18.9 Å². The molecule has 2 amide bonds. The molecule has 0 aliphatic carbocycles. The predicted octanol–water partition coefficient (Wildman–Crippen LogP) is 4.61. The second-order valence-electron chi connectivity index (χ2n) is 7.45. The minimum Gasteiger partial charge on any atom is -0.497 e. The van der Waals surface area contributed by atoms with E-state index >= 15 is 0 Å². The summed E-state index contributed by atoms with van der Waals surface area (Å²) >= 11 is 6.23. The zero-order valence-electron chi connectivity index (χ0n) is 18.2. The van der Waals surface area contributed by atoms with Gasteiger partial charge in [0.15, 0.2) is 0 Å². The lowest BCUT2D eigenvalue weighted by molar-refractivity contribution is -0.140. The van der Waals surface area contributed by atoms with Gasteiger partial charge in [-0.25, -0.2) is 0 Å². The highest BCUT2D eigenvalue weighted by molar-refractivity contribution is 6.31. The SMILES string of the molecule is CC[C@H](C)NC(=O)[C@@H](C)N(Cc1ccc(OC)cc1)C(=O)CCc1ccccc1Cl. The number of carbonyl (C=O) groups excluding carboxylic acids is 2. The Labute approximate surface area is 184 Å². The van der Waals surface area contributed by atoms with Crippen molar-refractivity contribution in [3.63, 3.8) is 0 Å². The number of amides is 2. The number of rotatable bonds is 10. The topological polar surface area (TPSA) is 58.6 Å². The average molecular weight is 431 g/mol. The lowest BCUT2D eigenvalue weighted by Gasteiger charge is -2.30. The van der Waals surface area contributed by atoms with E-state index in [-0.39, 0.29) is 24.3 Å². The van der Waals surface area contributed by atoms with Crippen molar-refractivity contribution in [2.75, 3.05) is 7.11 Å². The van der Waals surface area contributed by atoms with Crippen LogP contribution in [0.15, 0.2) is 48.5 Å². The maximum Gasteiger partial charge on any atom is 0.242 e. The van der Waals surface area contributed by atoms with Crippen molar-refractivity contribution in [3.05, 3.63) is 64.7 Å². The molecule has 0 heterocycles. The van der Waals surface area contributed by atoms with Gasteiger partial charge in [0.2, 0.25) is 11.8 Å². The first-order chi connectivity index (χ1) is 14.3. The van der Waals surface area contributed by atoms with Crippen molar-refractivity contribution < 1.29 is 14.3 Å². The standard InChI is InChI=1S/C24H31ClN2O3/c1-5-17(2)26-24(29)18(3)27(16-19-10-13-21(30-4)14-11-19)23(28)15-12-20-8-6-7-9-22(20)25/h6-11,13-14,17-18H,5,12,15-16H2,1-4H3,(H,26,29)/t17-,18+/m0/s1. The van der Waals surface area contributed by atoms with E-state index in [1.807, 2.05) is 62.4 Å². The Kier molecular flexibility index (Phi) is 9.18. The van der Waals surface area contributed by atoms with E-state index in [2.05, 4.69) is 5.32 Å². The zero-order chi connectivity index (χ0) is 22.1. The number of benzene rings is 2. The van der Waals surface area contributed by atoms with E-state index in [9.17, 15) is 9.59 Å². The summed E-state index contributed by atoms with van der Waals surface area (Å²) in [5.41, 5.74) is 1.86. The number of hydrogen-bond acceptors (Lipinski definition) is 3. The van der Waals surface area contributed by atoms with Crippen molar-refractivity contribution >= 4 is 23.4 Å². The molecule has 5 nitrogen and oxygen atoms in total. The van der Waals surface area contributed by atoms with Crippen LogP contribution in [0.3, 0.4) is 0 Å². The van der Waals surface area contributed by atoms with E-state index in [0.717, 1.165) is 23.3 Å². The largest absolute Gasteiger partial charge is 0.497 e. The van der Waals surface area contributed by atoms with Crippen molar-refractivity contribution in [2.45, 2.75) is 58.7 Å². The Hall–Kier alpha value is -2.53. The molecule has 0 spiro atoms. The van der Waals surface area contributed by atoms with Gasteiger partial charge in [-0.2, -0.15) is 0 Å². The van der Waals surface area contributed by atoms with Gasteiger partial charge in [-0.05, 0) is 56.0 Å². The van der Waals surface area contributed by atoms with Gasteiger partial charge in [0.25, 0.3) is 0 Å². The van der Waals surface area contributed by atoms with Crippen molar-refractivity contribution in [3.8, 4) is 5.75 Å². The normalized spacial score (nSPS) is 12.7. The third-order valence-electron chi connectivity index (χ3n) is 5.25. The number of nitrogens with one attached hydrogen (secondary N) is 1. The molecule has 2 rings (SSSR count). The molecule has 0 fully saturated rings. The van der Waals surface area contributed by atoms with Crippen molar-refractivity contribution in [2.24, 2.45) is 0 Å². The molecule has 6 heteroatoms. The Morgan fingerprint density at radius 3 is 2.37 bits per heavy atom. The fourth-order valence-electron chi connectivity index (χ4n) is 3.06. The molecule has 2 aromatic carbocycles. The Morgan fingerprint density at radius 2 is 1.77 bits per heavy atom. The lowest BCUT2D eigenvalue weighted by atomic mass is 10.1. The number of aryl methyl sites for hydroxylation is 1. The van der Waals surface area contributed by atoms with Gasteiger partial charge in [0.1, 0.15) is 11.8 Å². The summed E-state index contributed by atoms with van der Waals surface area (Å²) in [6, 6.07) is 14.5. The summed E-state index contributed by atoms with van der Waals surface area (Å²) in [5.74, 6) is 0.513. The fraction of sp³-hybridized carbons (Fsp3) is 0.417. The molecule has 0 saturated carbocycles. The maximum atomic E-state index is 13.1. The van der Waals surface area contributed by atoms with Gasteiger partial charge < -0.3 is 15.0 Å². The Balaban J connectivity index is 2.16.